The van der Waals surface area contributed by atoms with Gasteiger partial charge in [0, 0.05) is 4.47 Å². The van der Waals surface area contributed by atoms with Crippen LogP contribution in [-0.2, 0) is 4.79 Å². The maximum absolute atomic E-state index is 10.5. The largest absolute Gasteiger partial charge is 0.481 e. The molecule has 0 atom stereocenters. The maximum Gasteiger partial charge on any atom is 0.259 e. The summed E-state index contributed by atoms with van der Waals surface area (Å²) in [6, 6.07) is 3.23. The van der Waals surface area contributed by atoms with Crippen molar-refractivity contribution in [3.63, 3.8) is 0 Å². The number of ether oxygens (including phenoxy) is 1. The molecule has 0 spiro atoms. The van der Waals surface area contributed by atoms with E-state index in [1.807, 2.05) is 0 Å². The van der Waals surface area contributed by atoms with E-state index in [0.29, 0.717) is 10.0 Å². The van der Waals surface area contributed by atoms with Crippen molar-refractivity contribution in [3.05, 3.63) is 26.7 Å². The molecule has 0 saturated carbocycles. The number of rotatable bonds is 3. The average Bonchev–Trinajstić information content (AvgIpc) is 2.01. The minimum Gasteiger partial charge on any atom is -0.481 e. The third-order valence-electron chi connectivity index (χ3n) is 1.29. The number of hydrogen-bond acceptors (Lipinski definition) is 2. The van der Waals surface area contributed by atoms with E-state index in [0.717, 1.165) is 4.47 Å². The summed E-state index contributed by atoms with van der Waals surface area (Å²) < 4.78 is 5.75. The van der Waals surface area contributed by atoms with Crippen LogP contribution < -0.4 is 4.74 Å². The van der Waals surface area contributed by atoms with Gasteiger partial charge >= 0.3 is 0 Å². The minimum absolute atomic E-state index is 0.255. The van der Waals surface area contributed by atoms with Crippen LogP contribution in [0, 0.1) is 0 Å². The molecule has 1 aromatic rings. The van der Waals surface area contributed by atoms with Crippen molar-refractivity contribution in [1.82, 2.24) is 0 Å². The van der Waals surface area contributed by atoms with Crippen LogP contribution >= 0.6 is 50.7 Å². The summed E-state index contributed by atoms with van der Waals surface area (Å²) in [7, 11) is 0. The van der Waals surface area contributed by atoms with Gasteiger partial charge in [-0.25, -0.2) is 0 Å². The smallest absolute Gasteiger partial charge is 0.259 e. The predicted octanol–water partition coefficient (Wildman–Crippen LogP) is 3.90. The molecule has 6 heteroatoms. The van der Waals surface area contributed by atoms with Gasteiger partial charge in [0.05, 0.1) is 10.0 Å². The fourth-order valence-corrected chi connectivity index (χ4v) is 2.17. The Labute approximate surface area is 104 Å². The highest BCUT2D eigenvalue weighted by Gasteiger charge is 2.09. The standard InChI is InChI=1S/C8H4BrCl3O2/c9-4-1-5(10)8(6(11)2-4)14-3-7(12)13/h1-2H,3H2. The monoisotopic (exact) mass is 316 g/mol. The first-order chi connectivity index (χ1) is 6.50. The molecule has 2 nitrogen and oxygen atoms in total. The van der Waals surface area contributed by atoms with Crippen LogP contribution in [0.25, 0.3) is 0 Å². The van der Waals surface area contributed by atoms with E-state index in [1.165, 1.54) is 0 Å². The zero-order valence-electron chi connectivity index (χ0n) is 6.69. The third-order valence-corrected chi connectivity index (χ3v) is 2.42. The number of carbonyl (C=O) groups excluding carboxylic acids is 1. The van der Waals surface area contributed by atoms with Crippen LogP contribution in [-0.4, -0.2) is 11.8 Å². The summed E-state index contributed by atoms with van der Waals surface area (Å²) in [6.07, 6.45) is 0. The van der Waals surface area contributed by atoms with Crippen LogP contribution in [0.1, 0.15) is 0 Å². The first-order valence-electron chi connectivity index (χ1n) is 3.46. The maximum atomic E-state index is 10.5. The van der Waals surface area contributed by atoms with E-state index in [9.17, 15) is 4.79 Å². The van der Waals surface area contributed by atoms with Crippen molar-refractivity contribution in [2.24, 2.45) is 0 Å². The molecular formula is C8H4BrCl3O2. The topological polar surface area (TPSA) is 26.3 Å². The molecule has 0 amide bonds. The summed E-state index contributed by atoms with van der Waals surface area (Å²) in [5.74, 6) is 0.255. The molecule has 0 saturated heterocycles. The van der Waals surface area contributed by atoms with Crippen LogP contribution in [0.5, 0.6) is 5.75 Å². The van der Waals surface area contributed by atoms with Gasteiger partial charge in [-0.2, -0.15) is 0 Å². The zero-order valence-corrected chi connectivity index (χ0v) is 10.5. The van der Waals surface area contributed by atoms with E-state index in [2.05, 4.69) is 15.9 Å². The van der Waals surface area contributed by atoms with Crippen LogP contribution in [0.2, 0.25) is 10.0 Å². The van der Waals surface area contributed by atoms with Gasteiger partial charge in [0.25, 0.3) is 5.24 Å². The quantitative estimate of drug-likeness (QED) is 0.790. The lowest BCUT2D eigenvalue weighted by atomic mass is 10.3. The Morgan fingerprint density at radius 3 is 2.29 bits per heavy atom. The molecule has 1 aromatic carbocycles. The van der Waals surface area contributed by atoms with Gasteiger partial charge in [-0.05, 0) is 23.7 Å². The molecule has 0 aliphatic heterocycles. The lowest BCUT2D eigenvalue weighted by Crippen LogP contribution is -2.05. The number of carbonyl (C=O) groups is 1. The van der Waals surface area contributed by atoms with Gasteiger partial charge in [-0.15, -0.1) is 0 Å². The summed E-state index contributed by atoms with van der Waals surface area (Å²) in [5, 5.41) is 0.0321. The highest BCUT2D eigenvalue weighted by Crippen LogP contribution is 2.35. The first-order valence-corrected chi connectivity index (χ1v) is 5.39. The second-order valence-corrected chi connectivity index (χ2v) is 4.49. The fraction of sp³-hybridized carbons (Fsp3) is 0.125. The molecule has 0 aliphatic rings. The van der Waals surface area contributed by atoms with Crippen molar-refractivity contribution in [3.8, 4) is 5.75 Å². The molecule has 1 rings (SSSR count). The minimum atomic E-state index is -0.611. The number of halogens is 4. The Morgan fingerprint density at radius 1 is 1.36 bits per heavy atom. The molecule has 76 valence electrons. The van der Waals surface area contributed by atoms with E-state index in [-0.39, 0.29) is 12.4 Å². The molecule has 0 aliphatic carbocycles. The third kappa shape index (κ3) is 3.31. The molecule has 0 aromatic heterocycles. The van der Waals surface area contributed by atoms with Gasteiger partial charge in [0.1, 0.15) is 0 Å². The Kier molecular flexibility index (Phi) is 4.51. The summed E-state index contributed by atoms with van der Waals surface area (Å²) in [5.41, 5.74) is 0. The van der Waals surface area contributed by atoms with Gasteiger partial charge in [-0.1, -0.05) is 39.1 Å². The van der Waals surface area contributed by atoms with E-state index in [1.54, 1.807) is 12.1 Å². The highest BCUT2D eigenvalue weighted by atomic mass is 79.9. The van der Waals surface area contributed by atoms with Gasteiger partial charge < -0.3 is 4.74 Å². The molecule has 0 heterocycles. The molecule has 0 N–H and O–H groups in total. The molecule has 0 bridgehead atoms. The summed E-state index contributed by atoms with van der Waals surface area (Å²) >= 11 is 20.0. The van der Waals surface area contributed by atoms with Crippen molar-refractivity contribution < 1.29 is 9.53 Å². The summed E-state index contributed by atoms with van der Waals surface area (Å²) in [4.78, 5) is 10.5. The van der Waals surface area contributed by atoms with Crippen molar-refractivity contribution in [2.75, 3.05) is 6.61 Å². The average molecular weight is 318 g/mol. The van der Waals surface area contributed by atoms with E-state index in [4.69, 9.17) is 39.5 Å². The molecular weight excluding hydrogens is 314 g/mol. The van der Waals surface area contributed by atoms with Crippen LogP contribution in [0.3, 0.4) is 0 Å². The predicted molar refractivity (Wildman–Crippen MR) is 60.5 cm³/mol. The van der Waals surface area contributed by atoms with Gasteiger partial charge in [0.15, 0.2) is 12.4 Å². The molecule has 0 unspecified atom stereocenters. The second-order valence-electron chi connectivity index (χ2n) is 2.34. The normalized spacial score (nSPS) is 10.0. The van der Waals surface area contributed by atoms with Crippen molar-refractivity contribution >= 4 is 56.0 Å². The van der Waals surface area contributed by atoms with Crippen molar-refractivity contribution in [2.45, 2.75) is 0 Å². The fourth-order valence-electron chi connectivity index (χ4n) is 0.796. The van der Waals surface area contributed by atoms with Crippen LogP contribution in [0.4, 0.5) is 0 Å². The Morgan fingerprint density at radius 2 is 1.86 bits per heavy atom. The lowest BCUT2D eigenvalue weighted by Gasteiger charge is -2.07. The van der Waals surface area contributed by atoms with E-state index >= 15 is 0 Å². The van der Waals surface area contributed by atoms with Crippen LogP contribution in [0.15, 0.2) is 16.6 Å². The summed E-state index contributed by atoms with van der Waals surface area (Å²) in [6.45, 7) is -0.261. The van der Waals surface area contributed by atoms with E-state index < -0.39 is 5.24 Å². The highest BCUT2D eigenvalue weighted by molar-refractivity contribution is 9.10. The molecule has 0 fully saturated rings. The second kappa shape index (κ2) is 5.21. The molecule has 0 radical (unpaired) electrons. The first kappa shape index (κ1) is 12.1. The Balaban J connectivity index is 2.91. The van der Waals surface area contributed by atoms with Gasteiger partial charge in [0.2, 0.25) is 0 Å². The zero-order chi connectivity index (χ0) is 10.7. The number of benzene rings is 1. The SMILES string of the molecule is O=C(Cl)COc1c(Cl)cc(Br)cc1Cl. The Bertz CT molecular complexity index is 345. The van der Waals surface area contributed by atoms with Gasteiger partial charge in [-0.3, -0.25) is 4.79 Å². The van der Waals surface area contributed by atoms with Crippen molar-refractivity contribution in [1.29, 1.82) is 0 Å². The lowest BCUT2D eigenvalue weighted by molar-refractivity contribution is -0.113. The Hall–Kier alpha value is 0.0400. The number of hydrogen-bond donors (Lipinski definition) is 0. The molecule has 14 heavy (non-hydrogen) atoms.